The Bertz CT molecular complexity index is 825. The third kappa shape index (κ3) is 7.56. The van der Waals surface area contributed by atoms with Crippen LogP contribution >= 0.6 is 35.3 Å². The number of aliphatic imine (C=N–C) groups is 1. The van der Waals surface area contributed by atoms with Crippen LogP contribution in [0, 0.1) is 0 Å². The Hall–Kier alpha value is -2.13. The van der Waals surface area contributed by atoms with Crippen molar-refractivity contribution in [1.82, 2.24) is 10.3 Å². The lowest BCUT2D eigenvalue weighted by Crippen LogP contribution is -2.33. The molecule has 3 N–H and O–H groups in total. The lowest BCUT2D eigenvalue weighted by Gasteiger charge is -2.07. The standard InChI is InChI=1S/C20H22N4OS.HI/c21-20(23-11-9-18-7-4-12-26-18)24-14-17-8-10-22-19(13-17)25-15-16-5-2-1-3-6-16;/h1-8,10,12-13H,9,11,14-15H2,(H3,21,23,24);1H. The molecule has 2 aromatic heterocycles. The number of benzene rings is 1. The van der Waals surface area contributed by atoms with Crippen LogP contribution in [0.15, 0.2) is 71.2 Å². The molecule has 1 aromatic carbocycles. The van der Waals surface area contributed by atoms with Crippen LogP contribution in [0.2, 0.25) is 0 Å². The number of rotatable bonds is 8. The molecule has 0 atom stereocenters. The van der Waals surface area contributed by atoms with Gasteiger partial charge in [-0.1, -0.05) is 36.4 Å². The molecule has 0 radical (unpaired) electrons. The molecule has 0 fully saturated rings. The summed E-state index contributed by atoms with van der Waals surface area (Å²) in [5.74, 6) is 1.04. The van der Waals surface area contributed by atoms with Crippen LogP contribution in [-0.2, 0) is 19.6 Å². The molecule has 0 amide bonds. The zero-order valence-corrected chi connectivity index (χ0v) is 18.0. The van der Waals surface area contributed by atoms with Crippen molar-refractivity contribution >= 4 is 41.3 Å². The highest BCUT2D eigenvalue weighted by Gasteiger charge is 2.00. The number of nitrogens with one attached hydrogen (secondary N) is 1. The van der Waals surface area contributed by atoms with Gasteiger partial charge in [0.2, 0.25) is 5.88 Å². The molecule has 27 heavy (non-hydrogen) atoms. The Morgan fingerprint density at radius 2 is 1.96 bits per heavy atom. The maximum absolute atomic E-state index is 5.93. The quantitative estimate of drug-likeness (QED) is 0.282. The molecule has 0 unspecified atom stereocenters. The number of thiophene rings is 1. The first-order chi connectivity index (χ1) is 12.8. The third-order valence-corrected chi connectivity index (χ3v) is 4.65. The molecule has 7 heteroatoms. The molecule has 0 saturated carbocycles. The highest BCUT2D eigenvalue weighted by molar-refractivity contribution is 14.0. The Morgan fingerprint density at radius 1 is 1.11 bits per heavy atom. The number of nitrogens with two attached hydrogens (primary N) is 1. The van der Waals surface area contributed by atoms with Gasteiger partial charge in [0.1, 0.15) is 6.61 Å². The van der Waals surface area contributed by atoms with Crippen LogP contribution in [0.3, 0.4) is 0 Å². The van der Waals surface area contributed by atoms with E-state index in [9.17, 15) is 0 Å². The first kappa shape index (κ1) is 21.2. The van der Waals surface area contributed by atoms with Crippen LogP contribution in [0.4, 0.5) is 0 Å². The highest BCUT2D eigenvalue weighted by atomic mass is 127. The van der Waals surface area contributed by atoms with Gasteiger partial charge < -0.3 is 15.8 Å². The number of hydrogen-bond acceptors (Lipinski definition) is 4. The molecule has 3 aromatic rings. The normalized spacial score (nSPS) is 10.9. The van der Waals surface area contributed by atoms with Gasteiger partial charge in [0, 0.05) is 23.7 Å². The van der Waals surface area contributed by atoms with Gasteiger partial charge in [0.05, 0.1) is 6.54 Å². The predicted molar refractivity (Wildman–Crippen MR) is 122 cm³/mol. The summed E-state index contributed by atoms with van der Waals surface area (Å²) >= 11 is 1.75. The zero-order chi connectivity index (χ0) is 18.0. The summed E-state index contributed by atoms with van der Waals surface area (Å²) in [6.07, 6.45) is 2.67. The molecule has 0 bridgehead atoms. The molecule has 0 aliphatic carbocycles. The molecule has 3 rings (SSSR count). The Kier molecular flexibility index (Phi) is 9.06. The van der Waals surface area contributed by atoms with E-state index < -0.39 is 0 Å². The average Bonchev–Trinajstić information content (AvgIpc) is 3.19. The Morgan fingerprint density at radius 3 is 2.74 bits per heavy atom. The van der Waals surface area contributed by atoms with Crippen LogP contribution in [0.25, 0.3) is 0 Å². The van der Waals surface area contributed by atoms with Gasteiger partial charge in [-0.15, -0.1) is 35.3 Å². The zero-order valence-electron chi connectivity index (χ0n) is 14.9. The van der Waals surface area contributed by atoms with Crippen molar-refractivity contribution in [3.05, 3.63) is 82.2 Å². The second-order valence-corrected chi connectivity index (χ2v) is 6.77. The first-order valence-corrected chi connectivity index (χ1v) is 9.35. The van der Waals surface area contributed by atoms with Gasteiger partial charge >= 0.3 is 0 Å². The summed E-state index contributed by atoms with van der Waals surface area (Å²) in [5.41, 5.74) is 8.04. The third-order valence-electron chi connectivity index (χ3n) is 3.72. The first-order valence-electron chi connectivity index (χ1n) is 8.47. The number of aromatic nitrogens is 1. The second-order valence-electron chi connectivity index (χ2n) is 5.73. The van der Waals surface area contributed by atoms with E-state index in [2.05, 4.69) is 32.8 Å². The van der Waals surface area contributed by atoms with E-state index in [1.807, 2.05) is 42.5 Å². The van der Waals surface area contributed by atoms with Crippen molar-refractivity contribution in [3.8, 4) is 5.88 Å². The van der Waals surface area contributed by atoms with Crippen molar-refractivity contribution in [3.63, 3.8) is 0 Å². The van der Waals surface area contributed by atoms with Gasteiger partial charge in [-0.05, 0) is 35.1 Å². The SMILES string of the molecule is I.NC(=NCc1ccnc(OCc2ccccc2)c1)NCCc1cccs1. The van der Waals surface area contributed by atoms with E-state index in [1.165, 1.54) is 4.88 Å². The number of nitrogens with zero attached hydrogens (tertiary/aromatic N) is 2. The molecule has 0 saturated heterocycles. The predicted octanol–water partition coefficient (Wildman–Crippen LogP) is 3.99. The van der Waals surface area contributed by atoms with Crippen molar-refractivity contribution in [2.24, 2.45) is 10.7 Å². The molecule has 0 spiro atoms. The largest absolute Gasteiger partial charge is 0.473 e. The summed E-state index contributed by atoms with van der Waals surface area (Å²) < 4.78 is 5.74. The fourth-order valence-corrected chi connectivity index (χ4v) is 3.07. The summed E-state index contributed by atoms with van der Waals surface area (Å²) in [6.45, 7) is 1.76. The van der Waals surface area contributed by atoms with E-state index in [0.29, 0.717) is 25.0 Å². The van der Waals surface area contributed by atoms with Crippen LogP contribution in [0.5, 0.6) is 5.88 Å². The van der Waals surface area contributed by atoms with Gasteiger partial charge in [0.25, 0.3) is 0 Å². The van der Waals surface area contributed by atoms with E-state index in [0.717, 1.165) is 24.1 Å². The molecule has 2 heterocycles. The summed E-state index contributed by atoms with van der Waals surface area (Å²) in [7, 11) is 0. The summed E-state index contributed by atoms with van der Waals surface area (Å²) in [5, 5.41) is 5.22. The Balaban J connectivity index is 0.00000261. The van der Waals surface area contributed by atoms with E-state index in [4.69, 9.17) is 10.5 Å². The van der Waals surface area contributed by atoms with Crippen molar-refractivity contribution < 1.29 is 4.74 Å². The molecule has 0 aliphatic rings. The molecule has 0 aliphatic heterocycles. The van der Waals surface area contributed by atoms with E-state index in [1.54, 1.807) is 17.5 Å². The molecular formula is C20H23IN4OS. The van der Waals surface area contributed by atoms with Gasteiger partial charge in [0.15, 0.2) is 5.96 Å². The maximum atomic E-state index is 5.93. The van der Waals surface area contributed by atoms with Crippen LogP contribution in [-0.4, -0.2) is 17.5 Å². The van der Waals surface area contributed by atoms with Crippen molar-refractivity contribution in [2.45, 2.75) is 19.6 Å². The van der Waals surface area contributed by atoms with Crippen LogP contribution in [0.1, 0.15) is 16.0 Å². The summed E-state index contributed by atoms with van der Waals surface area (Å²) in [6, 6.07) is 18.0. The number of hydrogen-bond donors (Lipinski definition) is 2. The minimum Gasteiger partial charge on any atom is -0.473 e. The maximum Gasteiger partial charge on any atom is 0.213 e. The monoisotopic (exact) mass is 494 g/mol. The number of halogens is 1. The van der Waals surface area contributed by atoms with Crippen LogP contribution < -0.4 is 15.8 Å². The lowest BCUT2D eigenvalue weighted by atomic mass is 10.2. The average molecular weight is 494 g/mol. The number of guanidine groups is 1. The van der Waals surface area contributed by atoms with Gasteiger partial charge in [-0.2, -0.15) is 0 Å². The molecule has 5 nitrogen and oxygen atoms in total. The summed E-state index contributed by atoms with van der Waals surface area (Å²) in [4.78, 5) is 9.95. The minimum atomic E-state index is 0. The van der Waals surface area contributed by atoms with E-state index in [-0.39, 0.29) is 24.0 Å². The highest BCUT2D eigenvalue weighted by Crippen LogP contribution is 2.12. The second kappa shape index (κ2) is 11.6. The fraction of sp³-hybridized carbons (Fsp3) is 0.200. The topological polar surface area (TPSA) is 72.5 Å². The lowest BCUT2D eigenvalue weighted by molar-refractivity contribution is 0.293. The number of pyridine rings is 1. The van der Waals surface area contributed by atoms with Crippen molar-refractivity contribution in [2.75, 3.05) is 6.54 Å². The van der Waals surface area contributed by atoms with Gasteiger partial charge in [-0.25, -0.2) is 9.98 Å². The minimum absolute atomic E-state index is 0. The smallest absolute Gasteiger partial charge is 0.213 e. The number of ether oxygens (including phenoxy) is 1. The van der Waals surface area contributed by atoms with E-state index >= 15 is 0 Å². The van der Waals surface area contributed by atoms with Crippen molar-refractivity contribution in [1.29, 1.82) is 0 Å². The Labute approximate surface area is 180 Å². The fourth-order valence-electron chi connectivity index (χ4n) is 2.36. The van der Waals surface area contributed by atoms with Gasteiger partial charge in [-0.3, -0.25) is 0 Å². The molecule has 142 valence electrons. The molecular weight excluding hydrogens is 471 g/mol.